The Balaban J connectivity index is 0.00000320. The standard InChI is InChI=1S/C23H39N5O.HI/c1-4-24-23(26(3)17-20-10-15-29-19-20)25-16-21-8-6-7-9-22(21)18-28-13-11-27(5-2)12-14-28;/h6-9,20H,4-5,10-19H2,1-3H3,(H,24,25);1H. The molecule has 2 aliphatic heterocycles. The van der Waals surface area contributed by atoms with Crippen molar-refractivity contribution in [2.45, 2.75) is 33.4 Å². The highest BCUT2D eigenvalue weighted by Gasteiger charge is 2.19. The Kier molecular flexibility index (Phi) is 11.4. The van der Waals surface area contributed by atoms with Crippen molar-refractivity contribution in [3.63, 3.8) is 0 Å². The molecule has 1 aromatic carbocycles. The molecule has 2 fully saturated rings. The van der Waals surface area contributed by atoms with Crippen molar-refractivity contribution in [1.82, 2.24) is 20.0 Å². The molecule has 0 aliphatic carbocycles. The zero-order chi connectivity index (χ0) is 20.5. The summed E-state index contributed by atoms with van der Waals surface area (Å²) in [6, 6.07) is 8.79. The van der Waals surface area contributed by atoms with E-state index in [-0.39, 0.29) is 24.0 Å². The predicted molar refractivity (Wildman–Crippen MR) is 136 cm³/mol. The average Bonchev–Trinajstić information content (AvgIpc) is 3.25. The Morgan fingerprint density at radius 2 is 1.83 bits per heavy atom. The first-order valence-corrected chi connectivity index (χ1v) is 11.3. The van der Waals surface area contributed by atoms with Crippen molar-refractivity contribution >= 4 is 29.9 Å². The van der Waals surface area contributed by atoms with Gasteiger partial charge in [0.05, 0.1) is 13.2 Å². The van der Waals surface area contributed by atoms with E-state index in [1.807, 2.05) is 0 Å². The van der Waals surface area contributed by atoms with Gasteiger partial charge in [0.25, 0.3) is 0 Å². The monoisotopic (exact) mass is 529 g/mol. The van der Waals surface area contributed by atoms with Crippen LogP contribution in [0.3, 0.4) is 0 Å². The van der Waals surface area contributed by atoms with E-state index in [1.54, 1.807) is 0 Å². The van der Waals surface area contributed by atoms with Gasteiger partial charge in [-0.3, -0.25) is 4.90 Å². The molecule has 3 rings (SSSR count). The van der Waals surface area contributed by atoms with Crippen LogP contribution in [0.15, 0.2) is 29.3 Å². The lowest BCUT2D eigenvalue weighted by atomic mass is 10.1. The largest absolute Gasteiger partial charge is 0.381 e. The Hall–Kier alpha value is -0.900. The minimum atomic E-state index is 0. The number of piperazine rings is 1. The molecule has 7 heteroatoms. The second-order valence-corrected chi connectivity index (χ2v) is 8.26. The van der Waals surface area contributed by atoms with Crippen molar-refractivity contribution in [3.8, 4) is 0 Å². The van der Waals surface area contributed by atoms with Crippen LogP contribution in [0.5, 0.6) is 0 Å². The third-order valence-corrected chi connectivity index (χ3v) is 6.08. The van der Waals surface area contributed by atoms with Gasteiger partial charge in [0, 0.05) is 65.4 Å². The number of likely N-dealkylation sites (N-methyl/N-ethyl adjacent to an activating group) is 1. The summed E-state index contributed by atoms with van der Waals surface area (Å²) in [5.74, 6) is 1.60. The molecular formula is C23H40IN5O. The molecule has 0 saturated carbocycles. The molecule has 6 nitrogen and oxygen atoms in total. The lowest BCUT2D eigenvalue weighted by Gasteiger charge is -2.34. The molecule has 0 spiro atoms. The molecule has 170 valence electrons. The van der Waals surface area contributed by atoms with Crippen LogP contribution in [-0.2, 0) is 17.8 Å². The Morgan fingerprint density at radius 3 is 2.47 bits per heavy atom. The van der Waals surface area contributed by atoms with Crippen LogP contribution in [0.2, 0.25) is 0 Å². The lowest BCUT2D eigenvalue weighted by Crippen LogP contribution is -2.45. The number of halogens is 1. The fourth-order valence-corrected chi connectivity index (χ4v) is 4.20. The maximum absolute atomic E-state index is 5.53. The molecule has 2 heterocycles. The molecule has 0 bridgehead atoms. The molecule has 0 aromatic heterocycles. The number of aliphatic imine (C=N–C) groups is 1. The van der Waals surface area contributed by atoms with Gasteiger partial charge in [0.2, 0.25) is 0 Å². The summed E-state index contributed by atoms with van der Waals surface area (Å²) >= 11 is 0. The summed E-state index contributed by atoms with van der Waals surface area (Å²) in [6.07, 6.45) is 1.15. The lowest BCUT2D eigenvalue weighted by molar-refractivity contribution is 0.131. The zero-order valence-corrected chi connectivity index (χ0v) is 21.3. The summed E-state index contributed by atoms with van der Waals surface area (Å²) < 4.78 is 5.53. The van der Waals surface area contributed by atoms with Crippen molar-refractivity contribution in [1.29, 1.82) is 0 Å². The van der Waals surface area contributed by atoms with Crippen molar-refractivity contribution in [2.24, 2.45) is 10.9 Å². The van der Waals surface area contributed by atoms with Gasteiger partial charge in [-0.15, -0.1) is 24.0 Å². The van der Waals surface area contributed by atoms with E-state index in [0.717, 1.165) is 71.4 Å². The number of nitrogens with one attached hydrogen (secondary N) is 1. The van der Waals surface area contributed by atoms with Crippen LogP contribution in [0.4, 0.5) is 0 Å². The summed E-state index contributed by atoms with van der Waals surface area (Å²) in [5, 5.41) is 3.46. The first-order valence-electron chi connectivity index (χ1n) is 11.3. The molecule has 1 aromatic rings. The number of hydrogen-bond acceptors (Lipinski definition) is 4. The van der Waals surface area contributed by atoms with Crippen molar-refractivity contribution < 1.29 is 4.74 Å². The van der Waals surface area contributed by atoms with E-state index in [0.29, 0.717) is 5.92 Å². The van der Waals surface area contributed by atoms with E-state index in [9.17, 15) is 0 Å². The zero-order valence-electron chi connectivity index (χ0n) is 19.0. The van der Waals surface area contributed by atoms with E-state index >= 15 is 0 Å². The molecule has 1 N–H and O–H groups in total. The molecule has 2 saturated heterocycles. The van der Waals surface area contributed by atoms with Gasteiger partial charge in [0.15, 0.2) is 5.96 Å². The topological polar surface area (TPSA) is 43.3 Å². The summed E-state index contributed by atoms with van der Waals surface area (Å²) in [4.78, 5) is 12.3. The molecule has 1 atom stereocenters. The second-order valence-electron chi connectivity index (χ2n) is 8.26. The molecular weight excluding hydrogens is 489 g/mol. The minimum Gasteiger partial charge on any atom is -0.381 e. The van der Waals surface area contributed by atoms with Gasteiger partial charge < -0.3 is 19.9 Å². The van der Waals surface area contributed by atoms with Gasteiger partial charge in [-0.1, -0.05) is 31.2 Å². The molecule has 2 aliphatic rings. The molecule has 1 unspecified atom stereocenters. The summed E-state index contributed by atoms with van der Waals surface area (Å²) in [6.45, 7) is 15.6. The first kappa shape index (κ1) is 25.4. The highest BCUT2D eigenvalue weighted by molar-refractivity contribution is 14.0. The molecule has 0 radical (unpaired) electrons. The second kappa shape index (κ2) is 13.5. The number of rotatable bonds is 8. The minimum absolute atomic E-state index is 0. The van der Waals surface area contributed by atoms with E-state index in [1.165, 1.54) is 24.2 Å². The van der Waals surface area contributed by atoms with Crippen LogP contribution in [-0.4, -0.2) is 86.7 Å². The maximum Gasteiger partial charge on any atom is 0.193 e. The van der Waals surface area contributed by atoms with Crippen LogP contribution >= 0.6 is 24.0 Å². The van der Waals surface area contributed by atoms with Gasteiger partial charge in [0.1, 0.15) is 0 Å². The van der Waals surface area contributed by atoms with Gasteiger partial charge in [-0.25, -0.2) is 4.99 Å². The van der Waals surface area contributed by atoms with Gasteiger partial charge in [-0.2, -0.15) is 0 Å². The predicted octanol–water partition coefficient (Wildman–Crippen LogP) is 2.88. The average molecular weight is 530 g/mol. The van der Waals surface area contributed by atoms with E-state index in [2.05, 4.69) is 65.2 Å². The smallest absolute Gasteiger partial charge is 0.193 e. The quantitative estimate of drug-likeness (QED) is 0.319. The Bertz CT molecular complexity index is 642. The normalized spacial score (nSPS) is 20.8. The number of hydrogen-bond donors (Lipinski definition) is 1. The van der Waals surface area contributed by atoms with Gasteiger partial charge >= 0.3 is 0 Å². The number of benzene rings is 1. The first-order chi connectivity index (χ1) is 14.2. The van der Waals surface area contributed by atoms with Crippen LogP contribution in [0.25, 0.3) is 0 Å². The highest BCUT2D eigenvalue weighted by Crippen LogP contribution is 2.16. The van der Waals surface area contributed by atoms with Crippen molar-refractivity contribution in [2.75, 3.05) is 66.1 Å². The third kappa shape index (κ3) is 7.66. The SMILES string of the molecule is CCNC(=NCc1ccccc1CN1CCN(CC)CC1)N(C)CC1CCOC1.I. The van der Waals surface area contributed by atoms with Gasteiger partial charge in [-0.05, 0) is 31.0 Å². The molecule has 30 heavy (non-hydrogen) atoms. The Morgan fingerprint density at radius 1 is 1.13 bits per heavy atom. The van der Waals surface area contributed by atoms with E-state index < -0.39 is 0 Å². The Labute approximate surface area is 200 Å². The highest BCUT2D eigenvalue weighted by atomic mass is 127. The number of nitrogens with zero attached hydrogens (tertiary/aromatic N) is 4. The fourth-order valence-electron chi connectivity index (χ4n) is 4.20. The maximum atomic E-state index is 5.53. The molecule has 0 amide bonds. The van der Waals surface area contributed by atoms with Crippen LogP contribution in [0.1, 0.15) is 31.4 Å². The van der Waals surface area contributed by atoms with Crippen LogP contribution < -0.4 is 5.32 Å². The fraction of sp³-hybridized carbons (Fsp3) is 0.696. The van der Waals surface area contributed by atoms with Crippen LogP contribution in [0, 0.1) is 5.92 Å². The van der Waals surface area contributed by atoms with E-state index in [4.69, 9.17) is 9.73 Å². The third-order valence-electron chi connectivity index (χ3n) is 6.08. The number of guanidine groups is 1. The number of ether oxygens (including phenoxy) is 1. The summed E-state index contributed by atoms with van der Waals surface area (Å²) in [5.41, 5.74) is 2.74. The van der Waals surface area contributed by atoms with Crippen molar-refractivity contribution in [3.05, 3.63) is 35.4 Å². The summed E-state index contributed by atoms with van der Waals surface area (Å²) in [7, 11) is 2.14.